The summed E-state index contributed by atoms with van der Waals surface area (Å²) >= 11 is 0. The van der Waals surface area contributed by atoms with Crippen LogP contribution in [0.2, 0.25) is 0 Å². The van der Waals surface area contributed by atoms with E-state index in [4.69, 9.17) is 4.74 Å². The third kappa shape index (κ3) is 6.30. The maximum Gasteiger partial charge on any atom is 0.290 e. The van der Waals surface area contributed by atoms with Gasteiger partial charge < -0.3 is 4.74 Å². The van der Waals surface area contributed by atoms with Gasteiger partial charge in [-0.1, -0.05) is 105 Å². The van der Waals surface area contributed by atoms with E-state index in [0.717, 1.165) is 22.3 Å². The standard InChI is InChI=1S/C38H32N4O5S2/c1-26-12-17-31(18-13-26)48(44,41-49(45,46)32-19-14-27(2)15-20-32)38-36(29-8-4-3-5-9-29)42(40-39-38)23-22-28-16-21-35-34(24-28)37(43)33-11-7-6-10-30(33)25-47-35/h3-21,24H,22-23,25H2,1-2H3. The maximum atomic E-state index is 15.3. The van der Waals surface area contributed by atoms with Crippen LogP contribution in [0.4, 0.5) is 0 Å². The molecule has 0 spiro atoms. The molecule has 0 aliphatic carbocycles. The number of hydrogen-bond acceptors (Lipinski definition) is 7. The molecule has 0 amide bonds. The Labute approximate surface area is 285 Å². The number of carbonyl (C=O) groups is 1. The molecule has 246 valence electrons. The second-order valence-corrected chi connectivity index (χ2v) is 15.8. The Morgan fingerprint density at radius 2 is 1.41 bits per heavy atom. The molecule has 0 radical (unpaired) electrons. The molecule has 5 aromatic carbocycles. The maximum absolute atomic E-state index is 15.3. The molecule has 2 heterocycles. The van der Waals surface area contributed by atoms with E-state index >= 15 is 4.21 Å². The number of ketones is 1. The van der Waals surface area contributed by atoms with E-state index in [1.807, 2.05) is 80.6 Å². The average molecular weight is 689 g/mol. The Bertz CT molecular complexity index is 2430. The van der Waals surface area contributed by atoms with E-state index in [1.165, 1.54) is 12.1 Å². The molecule has 1 aliphatic heterocycles. The summed E-state index contributed by atoms with van der Waals surface area (Å²) in [5.41, 5.74) is 5.60. The van der Waals surface area contributed by atoms with Crippen LogP contribution in [-0.2, 0) is 39.3 Å². The SMILES string of the molecule is Cc1ccc(S(=O)(=O)N=S(=O)(c2ccc(C)cc2)c2nnn(CCc3ccc4c(c3)C(=O)c3ccccc3CO4)c2-c2ccccc2)cc1. The van der Waals surface area contributed by atoms with Gasteiger partial charge in [0.15, 0.2) is 10.8 Å². The van der Waals surface area contributed by atoms with Crippen LogP contribution in [0.25, 0.3) is 11.3 Å². The number of ether oxygens (including phenoxy) is 1. The molecule has 0 bridgehead atoms. The summed E-state index contributed by atoms with van der Waals surface area (Å²) in [7, 11) is -8.29. The summed E-state index contributed by atoms with van der Waals surface area (Å²) in [4.78, 5) is 13.6. The van der Waals surface area contributed by atoms with E-state index in [1.54, 1.807) is 47.1 Å². The quantitative estimate of drug-likeness (QED) is 0.166. The zero-order valence-electron chi connectivity index (χ0n) is 26.8. The number of sulfonamides is 1. The Kier molecular flexibility index (Phi) is 8.47. The van der Waals surface area contributed by atoms with Crippen LogP contribution in [-0.4, -0.2) is 33.4 Å². The molecule has 0 fully saturated rings. The average Bonchev–Trinajstić information content (AvgIpc) is 3.49. The summed E-state index contributed by atoms with van der Waals surface area (Å²) in [6.45, 7) is 4.33. The van der Waals surface area contributed by atoms with Crippen molar-refractivity contribution < 1.29 is 22.2 Å². The zero-order chi connectivity index (χ0) is 34.2. The number of aromatic nitrogens is 3. The topological polar surface area (TPSA) is 121 Å². The zero-order valence-corrected chi connectivity index (χ0v) is 28.4. The first-order valence-electron chi connectivity index (χ1n) is 15.7. The van der Waals surface area contributed by atoms with Crippen molar-refractivity contribution in [3.05, 3.63) is 155 Å². The van der Waals surface area contributed by atoms with Gasteiger partial charge in [0.2, 0.25) is 0 Å². The molecular formula is C38H32N4O5S2. The Hall–Kier alpha value is -5.39. The molecule has 6 aromatic rings. The Morgan fingerprint density at radius 3 is 2.12 bits per heavy atom. The van der Waals surface area contributed by atoms with Gasteiger partial charge in [-0.05, 0) is 62.2 Å². The number of fused-ring (bicyclic) bond motifs is 2. The molecule has 1 atom stereocenters. The van der Waals surface area contributed by atoms with Crippen LogP contribution in [0.1, 0.15) is 38.2 Å². The van der Waals surface area contributed by atoms with Crippen LogP contribution in [0.15, 0.2) is 140 Å². The van der Waals surface area contributed by atoms with E-state index in [2.05, 4.69) is 14.1 Å². The molecular weight excluding hydrogens is 657 g/mol. The highest BCUT2D eigenvalue weighted by atomic mass is 32.3. The van der Waals surface area contributed by atoms with Gasteiger partial charge in [0, 0.05) is 23.2 Å². The fraction of sp³-hybridized carbons (Fsp3) is 0.132. The van der Waals surface area contributed by atoms with Crippen molar-refractivity contribution in [2.45, 2.75) is 48.2 Å². The minimum Gasteiger partial charge on any atom is -0.488 e. The predicted octanol–water partition coefficient (Wildman–Crippen LogP) is 7.20. The highest BCUT2D eigenvalue weighted by Crippen LogP contribution is 2.34. The smallest absolute Gasteiger partial charge is 0.290 e. The molecule has 9 nitrogen and oxygen atoms in total. The lowest BCUT2D eigenvalue weighted by molar-refractivity contribution is 0.103. The lowest BCUT2D eigenvalue weighted by atomic mass is 9.97. The Morgan fingerprint density at radius 1 is 0.755 bits per heavy atom. The molecule has 11 heteroatoms. The fourth-order valence-electron chi connectivity index (χ4n) is 5.75. The van der Waals surface area contributed by atoms with Gasteiger partial charge in [0.25, 0.3) is 10.0 Å². The summed E-state index contributed by atoms with van der Waals surface area (Å²) in [5.74, 6) is 0.416. The van der Waals surface area contributed by atoms with E-state index in [9.17, 15) is 13.2 Å². The van der Waals surface area contributed by atoms with Crippen LogP contribution in [0.3, 0.4) is 0 Å². The van der Waals surface area contributed by atoms with E-state index in [-0.39, 0.29) is 27.1 Å². The largest absolute Gasteiger partial charge is 0.488 e. The molecule has 7 rings (SSSR count). The highest BCUT2D eigenvalue weighted by Gasteiger charge is 2.31. The second kappa shape index (κ2) is 12.9. The summed E-state index contributed by atoms with van der Waals surface area (Å²) in [6.07, 6.45) is 0.440. The van der Waals surface area contributed by atoms with Crippen LogP contribution >= 0.6 is 0 Å². The van der Waals surface area contributed by atoms with Crippen molar-refractivity contribution in [2.75, 3.05) is 0 Å². The van der Waals surface area contributed by atoms with Gasteiger partial charge in [0.05, 0.1) is 15.4 Å². The summed E-state index contributed by atoms with van der Waals surface area (Å²) in [5, 5.41) is 8.76. The Balaban J connectivity index is 1.33. The first kappa shape index (κ1) is 32.2. The van der Waals surface area contributed by atoms with Crippen molar-refractivity contribution in [2.24, 2.45) is 3.77 Å². The van der Waals surface area contributed by atoms with Gasteiger partial charge >= 0.3 is 0 Å². The van der Waals surface area contributed by atoms with Gasteiger partial charge in [-0.15, -0.1) is 5.10 Å². The molecule has 1 aromatic heterocycles. The predicted molar refractivity (Wildman–Crippen MR) is 186 cm³/mol. The van der Waals surface area contributed by atoms with Crippen molar-refractivity contribution in [3.63, 3.8) is 0 Å². The van der Waals surface area contributed by atoms with E-state index < -0.39 is 19.8 Å². The van der Waals surface area contributed by atoms with Crippen molar-refractivity contribution >= 4 is 25.5 Å². The number of benzene rings is 5. The van der Waals surface area contributed by atoms with Gasteiger partial charge in [0.1, 0.15) is 27.8 Å². The normalized spacial score (nSPS) is 13.8. The third-order valence-corrected chi connectivity index (χ3v) is 12.6. The summed E-state index contributed by atoms with van der Waals surface area (Å²) in [6, 6.07) is 35.1. The molecule has 0 saturated carbocycles. The van der Waals surface area contributed by atoms with Crippen molar-refractivity contribution in [3.8, 4) is 17.0 Å². The van der Waals surface area contributed by atoms with Crippen LogP contribution in [0, 0.1) is 13.8 Å². The first-order chi connectivity index (χ1) is 23.6. The minimum atomic E-state index is -4.40. The number of nitrogens with zero attached hydrogens (tertiary/aromatic N) is 4. The molecule has 1 unspecified atom stereocenters. The van der Waals surface area contributed by atoms with E-state index in [0.29, 0.717) is 41.2 Å². The summed E-state index contributed by atoms with van der Waals surface area (Å²) < 4.78 is 54.5. The lowest BCUT2D eigenvalue weighted by Crippen LogP contribution is -2.11. The van der Waals surface area contributed by atoms with Crippen LogP contribution in [0.5, 0.6) is 5.75 Å². The lowest BCUT2D eigenvalue weighted by Gasteiger charge is -2.13. The van der Waals surface area contributed by atoms with Crippen molar-refractivity contribution in [1.29, 1.82) is 0 Å². The highest BCUT2D eigenvalue weighted by molar-refractivity contribution is 8.03. The minimum absolute atomic E-state index is 0.0552. The van der Waals surface area contributed by atoms with Gasteiger partial charge in [-0.2, -0.15) is 8.42 Å². The monoisotopic (exact) mass is 688 g/mol. The number of aryl methyl sites for hydroxylation is 4. The molecule has 1 aliphatic rings. The fourth-order valence-corrected chi connectivity index (χ4v) is 9.67. The third-order valence-electron chi connectivity index (χ3n) is 8.42. The van der Waals surface area contributed by atoms with Gasteiger partial charge in [-0.25, -0.2) is 8.89 Å². The van der Waals surface area contributed by atoms with Crippen LogP contribution < -0.4 is 4.74 Å². The second-order valence-electron chi connectivity index (χ2n) is 11.9. The molecule has 0 saturated heterocycles. The number of hydrogen-bond donors (Lipinski definition) is 0. The first-order valence-corrected chi connectivity index (χ1v) is 18.6. The number of rotatable bonds is 8. The number of carbonyl (C=O) groups excluding carboxylic acids is 1. The molecule has 0 N–H and O–H groups in total. The van der Waals surface area contributed by atoms with Crippen molar-refractivity contribution in [1.82, 2.24) is 15.0 Å². The van der Waals surface area contributed by atoms with Gasteiger partial charge in [-0.3, -0.25) is 4.79 Å². The molecule has 49 heavy (non-hydrogen) atoms.